The molecule has 2 N–H and O–H groups in total. The van der Waals surface area contributed by atoms with E-state index in [-0.39, 0.29) is 11.8 Å². The number of quaternary nitrogens is 1. The van der Waals surface area contributed by atoms with Gasteiger partial charge in [0.2, 0.25) is 11.0 Å². The average Bonchev–Trinajstić information content (AvgIpc) is 3.46. The molecule has 0 unspecified atom stereocenters. The van der Waals surface area contributed by atoms with E-state index in [0.29, 0.717) is 6.42 Å². The van der Waals surface area contributed by atoms with Crippen LogP contribution in [-0.2, 0) is 11.2 Å². The summed E-state index contributed by atoms with van der Waals surface area (Å²) in [6.07, 6.45) is 5.12. The summed E-state index contributed by atoms with van der Waals surface area (Å²) in [6, 6.07) is 8.02. The largest absolute Gasteiger partial charge is 0.497 e. The lowest BCUT2D eigenvalue weighted by Crippen LogP contribution is -3.10. The first-order valence-electron chi connectivity index (χ1n) is 11.0. The smallest absolute Gasteiger partial charge is 0.223 e. The molecule has 0 saturated carbocycles. The summed E-state index contributed by atoms with van der Waals surface area (Å²) in [6.45, 7) is 6.11. The van der Waals surface area contributed by atoms with E-state index in [4.69, 9.17) is 9.72 Å². The van der Waals surface area contributed by atoms with Crippen molar-refractivity contribution in [1.29, 1.82) is 0 Å². The highest BCUT2D eigenvalue weighted by Gasteiger charge is 2.27. The molecule has 1 aromatic carbocycles. The van der Waals surface area contributed by atoms with E-state index in [0.717, 1.165) is 61.3 Å². The summed E-state index contributed by atoms with van der Waals surface area (Å²) in [5.41, 5.74) is 1.14. The number of amides is 1. The predicted octanol–water partition coefficient (Wildman–Crippen LogP) is 1.15. The number of benzene rings is 1. The molecular weight excluding hydrogens is 398 g/mol. The van der Waals surface area contributed by atoms with E-state index in [1.165, 1.54) is 37.5 Å². The zero-order valence-corrected chi connectivity index (χ0v) is 18.5. The number of hydrogen-bond donors (Lipinski definition) is 2. The summed E-state index contributed by atoms with van der Waals surface area (Å²) in [5.74, 6) is 2.04. The Balaban J connectivity index is 1.22. The molecule has 2 fully saturated rings. The van der Waals surface area contributed by atoms with Gasteiger partial charge in [0.25, 0.3) is 0 Å². The number of hydrogen-bond acceptors (Lipinski definition) is 6. The lowest BCUT2D eigenvalue weighted by Gasteiger charge is -2.30. The van der Waals surface area contributed by atoms with Crippen molar-refractivity contribution in [2.24, 2.45) is 5.92 Å². The number of aromatic nitrogens is 2. The number of ether oxygens (including phenoxy) is 1. The zero-order chi connectivity index (χ0) is 20.8. The van der Waals surface area contributed by atoms with Crippen LogP contribution in [0.3, 0.4) is 0 Å². The fourth-order valence-electron chi connectivity index (χ4n) is 4.37. The summed E-state index contributed by atoms with van der Waals surface area (Å²) < 4.78 is 9.83. The molecular formula is C22H32N5O2S+. The molecule has 3 heterocycles. The van der Waals surface area contributed by atoms with E-state index in [1.807, 2.05) is 18.2 Å². The maximum atomic E-state index is 12.5. The van der Waals surface area contributed by atoms with Crippen molar-refractivity contribution in [1.82, 2.24) is 14.7 Å². The second kappa shape index (κ2) is 10.2. The lowest BCUT2D eigenvalue weighted by atomic mass is 9.96. The Morgan fingerprint density at radius 3 is 2.87 bits per heavy atom. The quantitative estimate of drug-likeness (QED) is 0.657. The maximum Gasteiger partial charge on any atom is 0.223 e. The van der Waals surface area contributed by atoms with E-state index < -0.39 is 0 Å². The molecule has 2 aliphatic rings. The van der Waals surface area contributed by atoms with Gasteiger partial charge < -0.3 is 19.9 Å². The molecule has 2 saturated heterocycles. The highest BCUT2D eigenvalue weighted by atomic mass is 32.1. The molecule has 2 aromatic rings. The van der Waals surface area contributed by atoms with Crippen LogP contribution in [0.25, 0.3) is 0 Å². The molecule has 0 radical (unpaired) electrons. The van der Waals surface area contributed by atoms with Crippen LogP contribution < -0.4 is 19.9 Å². The van der Waals surface area contributed by atoms with Crippen LogP contribution in [0.15, 0.2) is 24.3 Å². The number of carbonyl (C=O) groups is 1. The summed E-state index contributed by atoms with van der Waals surface area (Å²) in [7, 11) is 1.68. The van der Waals surface area contributed by atoms with Gasteiger partial charge in [0.05, 0.1) is 33.3 Å². The third kappa shape index (κ3) is 5.49. The van der Waals surface area contributed by atoms with Gasteiger partial charge in [-0.25, -0.2) is 4.98 Å². The number of nitrogens with zero attached hydrogens (tertiary/aromatic N) is 3. The minimum absolute atomic E-state index is 0.124. The van der Waals surface area contributed by atoms with E-state index in [9.17, 15) is 4.79 Å². The summed E-state index contributed by atoms with van der Waals surface area (Å²) in [5, 5.41) is 4.12. The first-order chi connectivity index (χ1) is 14.7. The van der Waals surface area contributed by atoms with Crippen molar-refractivity contribution in [2.75, 3.05) is 51.3 Å². The molecule has 0 spiro atoms. The molecule has 0 atom stereocenters. The van der Waals surface area contributed by atoms with Crippen LogP contribution in [0.4, 0.5) is 5.13 Å². The van der Waals surface area contributed by atoms with Gasteiger partial charge >= 0.3 is 0 Å². The van der Waals surface area contributed by atoms with E-state index in [1.54, 1.807) is 12.0 Å². The highest BCUT2D eigenvalue weighted by Crippen LogP contribution is 2.26. The lowest BCUT2D eigenvalue weighted by molar-refractivity contribution is -0.886. The molecule has 30 heavy (non-hydrogen) atoms. The Bertz CT molecular complexity index is 828. The molecule has 2 aliphatic heterocycles. The monoisotopic (exact) mass is 430 g/mol. The Labute approximate surface area is 182 Å². The first kappa shape index (κ1) is 21.1. The fourth-order valence-corrected chi connectivity index (χ4v) is 5.11. The Morgan fingerprint density at radius 2 is 2.10 bits per heavy atom. The van der Waals surface area contributed by atoms with Crippen molar-refractivity contribution >= 4 is 22.6 Å². The van der Waals surface area contributed by atoms with Gasteiger partial charge in [0.15, 0.2) is 0 Å². The minimum Gasteiger partial charge on any atom is -0.497 e. The predicted molar refractivity (Wildman–Crippen MR) is 118 cm³/mol. The van der Waals surface area contributed by atoms with Crippen molar-refractivity contribution in [3.8, 4) is 5.75 Å². The maximum absolute atomic E-state index is 12.5. The second-order valence-electron chi connectivity index (χ2n) is 8.28. The van der Waals surface area contributed by atoms with Gasteiger partial charge in [-0.3, -0.25) is 4.79 Å². The van der Waals surface area contributed by atoms with Gasteiger partial charge in [-0.1, -0.05) is 12.1 Å². The van der Waals surface area contributed by atoms with Gasteiger partial charge in [0.1, 0.15) is 11.6 Å². The van der Waals surface area contributed by atoms with Crippen LogP contribution in [0.5, 0.6) is 5.75 Å². The molecule has 162 valence electrons. The van der Waals surface area contributed by atoms with Gasteiger partial charge in [-0.05, 0) is 30.5 Å². The highest BCUT2D eigenvalue weighted by molar-refractivity contribution is 7.09. The second-order valence-corrected chi connectivity index (χ2v) is 9.01. The molecule has 0 bridgehead atoms. The van der Waals surface area contributed by atoms with Gasteiger partial charge in [0, 0.05) is 49.8 Å². The number of nitrogens with one attached hydrogen (secondary N) is 2. The number of carbonyl (C=O) groups excluding carboxylic acids is 1. The van der Waals surface area contributed by atoms with Crippen LogP contribution in [0.1, 0.15) is 37.1 Å². The van der Waals surface area contributed by atoms with Crippen LogP contribution in [0, 0.1) is 5.92 Å². The number of rotatable bonds is 8. The summed E-state index contributed by atoms with van der Waals surface area (Å²) >= 11 is 1.45. The fraction of sp³-hybridized carbons (Fsp3) is 0.591. The number of likely N-dealkylation sites (tertiary alicyclic amines) is 1. The van der Waals surface area contributed by atoms with Crippen molar-refractivity contribution in [3.63, 3.8) is 0 Å². The SMILES string of the molecule is COc1cccc(Cc2nsc(N3CCC(C(=O)NCC[NH+]4CCCC4)CC3)n2)c1. The third-order valence-electron chi connectivity index (χ3n) is 6.18. The molecule has 1 aromatic heterocycles. The standard InChI is InChI=1S/C22H31N5O2S/c1-29-19-6-4-5-17(15-19)16-20-24-22(30-25-20)27-12-7-18(8-13-27)21(28)23-9-14-26-10-2-3-11-26/h4-6,15,18H,2-3,7-14,16H2,1H3,(H,23,28)/p+1. The first-order valence-corrected chi connectivity index (χ1v) is 11.8. The molecule has 1 amide bonds. The van der Waals surface area contributed by atoms with Crippen molar-refractivity contribution < 1.29 is 14.4 Å². The van der Waals surface area contributed by atoms with Gasteiger partial charge in [-0.2, -0.15) is 4.37 Å². The number of piperidine rings is 1. The van der Waals surface area contributed by atoms with Crippen LogP contribution in [0.2, 0.25) is 0 Å². The molecule has 7 nitrogen and oxygen atoms in total. The Hall–Kier alpha value is -2.19. The zero-order valence-electron chi connectivity index (χ0n) is 17.7. The summed E-state index contributed by atoms with van der Waals surface area (Å²) in [4.78, 5) is 21.1. The normalized spacial score (nSPS) is 18.0. The number of anilines is 1. The average molecular weight is 431 g/mol. The topological polar surface area (TPSA) is 71.8 Å². The van der Waals surface area contributed by atoms with Crippen LogP contribution in [-0.4, -0.2) is 61.6 Å². The Morgan fingerprint density at radius 1 is 1.30 bits per heavy atom. The third-order valence-corrected chi connectivity index (χ3v) is 6.99. The van der Waals surface area contributed by atoms with E-state index >= 15 is 0 Å². The van der Waals surface area contributed by atoms with Crippen molar-refractivity contribution in [3.05, 3.63) is 35.7 Å². The van der Waals surface area contributed by atoms with Crippen molar-refractivity contribution in [2.45, 2.75) is 32.1 Å². The number of methoxy groups -OCH3 is 1. The van der Waals surface area contributed by atoms with E-state index in [2.05, 4.69) is 20.7 Å². The molecule has 8 heteroatoms. The van der Waals surface area contributed by atoms with Crippen LogP contribution >= 0.6 is 11.5 Å². The molecule has 0 aliphatic carbocycles. The Kier molecular flexibility index (Phi) is 7.17. The van der Waals surface area contributed by atoms with Gasteiger partial charge in [-0.15, -0.1) is 0 Å². The minimum atomic E-state index is 0.124. The molecule has 4 rings (SSSR count).